The molecule has 9 heteroatoms. The van der Waals surface area contributed by atoms with E-state index in [0.29, 0.717) is 28.1 Å². The Labute approximate surface area is 211 Å². The Hall–Kier alpha value is -3.30. The summed E-state index contributed by atoms with van der Waals surface area (Å²) in [4.78, 5) is 13.8. The van der Waals surface area contributed by atoms with Crippen LogP contribution in [0.4, 0.5) is 10.2 Å². The normalized spacial score (nSPS) is 17.6. The molecule has 4 aromatic rings. The molecule has 1 atom stereocenters. The van der Waals surface area contributed by atoms with Crippen LogP contribution >= 0.6 is 0 Å². The van der Waals surface area contributed by atoms with Crippen LogP contribution in [0.2, 0.25) is 0 Å². The van der Waals surface area contributed by atoms with Gasteiger partial charge >= 0.3 is 0 Å². The molecule has 1 aliphatic heterocycles. The highest BCUT2D eigenvalue weighted by molar-refractivity contribution is 7.90. The number of piperazine rings is 1. The summed E-state index contributed by atoms with van der Waals surface area (Å²) in [6.45, 7) is 11.2. The van der Waals surface area contributed by atoms with Crippen molar-refractivity contribution in [3.05, 3.63) is 72.8 Å². The summed E-state index contributed by atoms with van der Waals surface area (Å²) >= 11 is 0. The second kappa shape index (κ2) is 8.97. The maximum absolute atomic E-state index is 13.9. The van der Waals surface area contributed by atoms with Gasteiger partial charge in [-0.15, -0.1) is 0 Å². The van der Waals surface area contributed by atoms with Gasteiger partial charge in [0.25, 0.3) is 10.0 Å². The third-order valence-corrected chi connectivity index (χ3v) is 8.46. The molecule has 0 saturated carbocycles. The first-order valence-corrected chi connectivity index (χ1v) is 13.5. The van der Waals surface area contributed by atoms with Gasteiger partial charge in [0.2, 0.25) is 0 Å². The lowest BCUT2D eigenvalue weighted by molar-refractivity contribution is 0.0797. The molecule has 188 valence electrons. The van der Waals surface area contributed by atoms with Gasteiger partial charge in [-0.05, 0) is 75.7 Å². The Balaban J connectivity index is 1.69. The number of hydrogen-bond donors (Lipinski definition) is 0. The molecule has 0 spiro atoms. The Kier molecular flexibility index (Phi) is 6.08. The second-order valence-electron chi connectivity index (χ2n) is 10.2. The van der Waals surface area contributed by atoms with Crippen molar-refractivity contribution >= 4 is 26.9 Å². The van der Waals surface area contributed by atoms with Crippen LogP contribution in [0.5, 0.6) is 0 Å². The van der Waals surface area contributed by atoms with Crippen molar-refractivity contribution in [2.45, 2.75) is 44.2 Å². The summed E-state index contributed by atoms with van der Waals surface area (Å²) in [5.74, 6) is 0.310. The van der Waals surface area contributed by atoms with Gasteiger partial charge in [0.05, 0.1) is 16.0 Å². The summed E-state index contributed by atoms with van der Waals surface area (Å²) in [6.07, 6.45) is 1.42. The van der Waals surface area contributed by atoms with E-state index in [0.717, 1.165) is 19.6 Å². The molecule has 3 heterocycles. The topological polar surface area (TPSA) is 71.3 Å². The lowest BCUT2D eigenvalue weighted by Crippen LogP contribution is -2.58. The molecule has 0 N–H and O–H groups in total. The first kappa shape index (κ1) is 24.4. The van der Waals surface area contributed by atoms with Crippen LogP contribution in [-0.4, -0.2) is 58.5 Å². The molecule has 0 amide bonds. The van der Waals surface area contributed by atoms with Crippen LogP contribution in [-0.2, 0) is 10.0 Å². The summed E-state index contributed by atoms with van der Waals surface area (Å²) in [7, 11) is -3.99. The predicted octanol–water partition coefficient (Wildman–Crippen LogP) is 4.78. The maximum Gasteiger partial charge on any atom is 0.269 e. The average molecular weight is 508 g/mol. The SMILES string of the molecule is C[C@@H]1CN(c2ncnc3c2cc(-c2ccc(F)cc2)n3S(=O)(=O)c2ccccc2)CCN1C(C)(C)C. The minimum Gasteiger partial charge on any atom is -0.353 e. The number of fused-ring (bicyclic) bond motifs is 1. The largest absolute Gasteiger partial charge is 0.353 e. The van der Waals surface area contributed by atoms with Gasteiger partial charge in [-0.2, -0.15) is 0 Å². The van der Waals surface area contributed by atoms with E-state index < -0.39 is 15.8 Å². The maximum atomic E-state index is 13.9. The van der Waals surface area contributed by atoms with Crippen LogP contribution in [0.25, 0.3) is 22.3 Å². The predicted molar refractivity (Wildman–Crippen MR) is 140 cm³/mol. The average Bonchev–Trinajstić information content (AvgIpc) is 3.25. The van der Waals surface area contributed by atoms with E-state index in [1.807, 2.05) is 0 Å². The highest BCUT2D eigenvalue weighted by atomic mass is 32.2. The third-order valence-electron chi connectivity index (χ3n) is 6.74. The fraction of sp³-hybridized carbons (Fsp3) is 0.333. The standard InChI is InChI=1S/C27H30FN5O2S/c1-19-17-31(14-15-32(19)27(2,3)4)25-23-16-24(20-10-12-21(28)13-11-20)33(26(23)30-18-29-25)36(34,35)22-8-6-5-7-9-22/h5-13,16,18-19H,14-15,17H2,1-4H3/t19-/m1/s1. The Morgan fingerprint density at radius 2 is 1.67 bits per heavy atom. The van der Waals surface area contributed by atoms with Crippen molar-refractivity contribution < 1.29 is 12.8 Å². The van der Waals surface area contributed by atoms with E-state index in [-0.39, 0.29) is 16.5 Å². The monoisotopic (exact) mass is 507 g/mol. The zero-order chi connectivity index (χ0) is 25.7. The summed E-state index contributed by atoms with van der Waals surface area (Å²) in [5, 5.41) is 0.646. The van der Waals surface area contributed by atoms with Crippen molar-refractivity contribution in [2.24, 2.45) is 0 Å². The van der Waals surface area contributed by atoms with Gasteiger partial charge < -0.3 is 4.90 Å². The minimum atomic E-state index is -3.99. The number of aromatic nitrogens is 3. The van der Waals surface area contributed by atoms with Gasteiger partial charge in [0.15, 0.2) is 5.65 Å². The van der Waals surface area contributed by atoms with Crippen molar-refractivity contribution in [2.75, 3.05) is 24.5 Å². The Morgan fingerprint density at radius 1 is 0.972 bits per heavy atom. The van der Waals surface area contributed by atoms with Gasteiger partial charge in [0, 0.05) is 31.2 Å². The molecule has 2 aromatic carbocycles. The molecule has 36 heavy (non-hydrogen) atoms. The molecular weight excluding hydrogens is 477 g/mol. The number of hydrogen-bond acceptors (Lipinski definition) is 6. The zero-order valence-electron chi connectivity index (χ0n) is 20.9. The third kappa shape index (κ3) is 4.26. The molecule has 0 unspecified atom stereocenters. The van der Waals surface area contributed by atoms with E-state index in [1.54, 1.807) is 48.5 Å². The highest BCUT2D eigenvalue weighted by Crippen LogP contribution is 2.36. The molecular formula is C27H30FN5O2S. The quantitative estimate of drug-likeness (QED) is 0.396. The molecule has 0 bridgehead atoms. The van der Waals surface area contributed by atoms with Crippen LogP contribution in [0, 0.1) is 5.82 Å². The summed E-state index contributed by atoms with van der Waals surface area (Å²) < 4.78 is 42.7. The number of benzene rings is 2. The van der Waals surface area contributed by atoms with Crippen LogP contribution < -0.4 is 4.90 Å². The minimum absolute atomic E-state index is 0.0509. The lowest BCUT2D eigenvalue weighted by Gasteiger charge is -2.47. The number of halogens is 1. The number of nitrogens with zero attached hydrogens (tertiary/aromatic N) is 5. The first-order valence-electron chi connectivity index (χ1n) is 12.0. The van der Waals surface area contributed by atoms with Crippen molar-refractivity contribution in [3.63, 3.8) is 0 Å². The van der Waals surface area contributed by atoms with Gasteiger partial charge in [-0.25, -0.2) is 26.7 Å². The van der Waals surface area contributed by atoms with E-state index in [2.05, 4.69) is 47.5 Å². The smallest absolute Gasteiger partial charge is 0.269 e. The summed E-state index contributed by atoms with van der Waals surface area (Å²) in [5.41, 5.74) is 1.34. The lowest BCUT2D eigenvalue weighted by atomic mass is 10.0. The van der Waals surface area contributed by atoms with Crippen LogP contribution in [0.15, 0.2) is 71.9 Å². The molecule has 0 aliphatic carbocycles. The number of anilines is 1. The highest BCUT2D eigenvalue weighted by Gasteiger charge is 2.33. The summed E-state index contributed by atoms with van der Waals surface area (Å²) in [6, 6.07) is 16.2. The Morgan fingerprint density at radius 3 is 2.31 bits per heavy atom. The molecule has 0 radical (unpaired) electrons. The molecule has 2 aromatic heterocycles. The van der Waals surface area contributed by atoms with E-state index in [4.69, 9.17) is 0 Å². The molecule has 5 rings (SSSR count). The van der Waals surface area contributed by atoms with Crippen molar-refractivity contribution in [3.8, 4) is 11.3 Å². The van der Waals surface area contributed by atoms with Crippen molar-refractivity contribution in [1.82, 2.24) is 18.8 Å². The Bertz CT molecular complexity index is 1500. The fourth-order valence-corrected chi connectivity index (χ4v) is 6.64. The van der Waals surface area contributed by atoms with Crippen molar-refractivity contribution in [1.29, 1.82) is 0 Å². The second-order valence-corrected chi connectivity index (χ2v) is 12.0. The van der Waals surface area contributed by atoms with Gasteiger partial charge in [-0.3, -0.25) is 4.90 Å². The number of rotatable bonds is 4. The van der Waals surface area contributed by atoms with E-state index in [1.165, 1.54) is 22.4 Å². The van der Waals surface area contributed by atoms with Crippen LogP contribution in [0.3, 0.4) is 0 Å². The first-order chi connectivity index (χ1) is 17.1. The van der Waals surface area contributed by atoms with Gasteiger partial charge in [0.1, 0.15) is 18.0 Å². The van der Waals surface area contributed by atoms with E-state index in [9.17, 15) is 12.8 Å². The molecule has 7 nitrogen and oxygen atoms in total. The van der Waals surface area contributed by atoms with Gasteiger partial charge in [-0.1, -0.05) is 18.2 Å². The molecule has 1 saturated heterocycles. The van der Waals surface area contributed by atoms with E-state index >= 15 is 0 Å². The van der Waals surface area contributed by atoms with Crippen LogP contribution in [0.1, 0.15) is 27.7 Å². The zero-order valence-corrected chi connectivity index (χ0v) is 21.7. The molecule has 1 fully saturated rings. The molecule has 1 aliphatic rings. The fourth-order valence-electron chi connectivity index (χ4n) is 5.14.